The van der Waals surface area contributed by atoms with Gasteiger partial charge in [0.1, 0.15) is 0 Å². The molecule has 0 aromatic carbocycles. The van der Waals surface area contributed by atoms with Crippen molar-refractivity contribution in [3.63, 3.8) is 0 Å². The van der Waals surface area contributed by atoms with E-state index < -0.39 is 0 Å². The van der Waals surface area contributed by atoms with Crippen molar-refractivity contribution in [1.29, 1.82) is 0 Å². The fraction of sp³-hybridized carbons (Fsp3) is 0.909. The van der Waals surface area contributed by atoms with Crippen LogP contribution in [0.4, 0.5) is 0 Å². The quantitative estimate of drug-likeness (QED) is 0.704. The molecule has 0 saturated carbocycles. The predicted octanol–water partition coefficient (Wildman–Crippen LogP) is 1.38. The van der Waals surface area contributed by atoms with E-state index in [1.165, 1.54) is 0 Å². The van der Waals surface area contributed by atoms with E-state index in [0.29, 0.717) is 11.8 Å². The molecule has 0 aliphatic heterocycles. The molecule has 1 amide bonds. The fourth-order valence-corrected chi connectivity index (χ4v) is 0.918. The van der Waals surface area contributed by atoms with E-state index in [2.05, 4.69) is 26.1 Å². The standard InChI is InChI=1S/C11H24N2O/c1-7(2)9(5)6-13-11(14)10(12)8(3)4/h7-10H,6,12H2,1-5H3,(H,13,14)/t9?,10-/m0/s1. The SMILES string of the molecule is CC(C)C(C)CNC(=O)[C@@H](N)C(C)C. The van der Waals surface area contributed by atoms with Crippen LogP contribution in [-0.2, 0) is 4.79 Å². The predicted molar refractivity (Wildman–Crippen MR) is 59.8 cm³/mol. The molecule has 14 heavy (non-hydrogen) atoms. The van der Waals surface area contributed by atoms with Gasteiger partial charge in [-0.05, 0) is 17.8 Å². The molecule has 0 radical (unpaired) electrons. The third kappa shape index (κ3) is 4.61. The Balaban J connectivity index is 3.85. The number of nitrogens with two attached hydrogens (primary N) is 1. The molecule has 3 nitrogen and oxygen atoms in total. The molecule has 0 aromatic rings. The van der Waals surface area contributed by atoms with Gasteiger partial charge in [-0.2, -0.15) is 0 Å². The van der Waals surface area contributed by atoms with Crippen LogP contribution in [-0.4, -0.2) is 18.5 Å². The lowest BCUT2D eigenvalue weighted by molar-refractivity contribution is -0.123. The van der Waals surface area contributed by atoms with Crippen molar-refractivity contribution in [2.75, 3.05) is 6.54 Å². The lowest BCUT2D eigenvalue weighted by atomic mass is 9.97. The van der Waals surface area contributed by atoms with Crippen molar-refractivity contribution in [3.8, 4) is 0 Å². The van der Waals surface area contributed by atoms with Crippen LogP contribution in [0.1, 0.15) is 34.6 Å². The number of carbonyl (C=O) groups excluding carboxylic acids is 1. The highest BCUT2D eigenvalue weighted by atomic mass is 16.2. The van der Waals surface area contributed by atoms with Crippen molar-refractivity contribution in [1.82, 2.24) is 5.32 Å². The normalized spacial score (nSPS) is 15.7. The Labute approximate surface area is 87.4 Å². The van der Waals surface area contributed by atoms with Gasteiger partial charge in [-0.1, -0.05) is 34.6 Å². The van der Waals surface area contributed by atoms with Crippen LogP contribution in [0, 0.1) is 17.8 Å². The second-order valence-electron chi connectivity index (χ2n) is 4.74. The van der Waals surface area contributed by atoms with Crippen LogP contribution in [0.2, 0.25) is 0 Å². The molecular formula is C11H24N2O. The number of hydrogen-bond donors (Lipinski definition) is 2. The average molecular weight is 200 g/mol. The molecule has 1 unspecified atom stereocenters. The van der Waals surface area contributed by atoms with E-state index in [9.17, 15) is 4.79 Å². The summed E-state index contributed by atoms with van der Waals surface area (Å²) in [4.78, 5) is 11.5. The van der Waals surface area contributed by atoms with Crippen LogP contribution < -0.4 is 11.1 Å². The van der Waals surface area contributed by atoms with Crippen LogP contribution in [0.25, 0.3) is 0 Å². The molecule has 0 bridgehead atoms. The molecule has 0 spiro atoms. The van der Waals surface area contributed by atoms with E-state index in [0.717, 1.165) is 6.54 Å². The summed E-state index contributed by atoms with van der Waals surface area (Å²) in [6.45, 7) is 11.1. The number of carbonyl (C=O) groups is 1. The lowest BCUT2D eigenvalue weighted by Gasteiger charge is -2.19. The minimum Gasteiger partial charge on any atom is -0.354 e. The van der Waals surface area contributed by atoms with Gasteiger partial charge in [0.2, 0.25) is 5.91 Å². The molecule has 3 heteroatoms. The topological polar surface area (TPSA) is 55.1 Å². The Morgan fingerprint density at radius 3 is 2.00 bits per heavy atom. The highest BCUT2D eigenvalue weighted by Crippen LogP contribution is 2.07. The first kappa shape index (κ1) is 13.4. The summed E-state index contributed by atoms with van der Waals surface area (Å²) in [6.07, 6.45) is 0. The van der Waals surface area contributed by atoms with Crippen LogP contribution in [0.15, 0.2) is 0 Å². The summed E-state index contributed by atoms with van der Waals surface area (Å²) in [5.74, 6) is 1.25. The minimum absolute atomic E-state index is 0.0347. The summed E-state index contributed by atoms with van der Waals surface area (Å²) in [5.41, 5.74) is 5.71. The molecule has 2 atom stereocenters. The van der Waals surface area contributed by atoms with E-state index in [4.69, 9.17) is 5.73 Å². The molecule has 0 heterocycles. The van der Waals surface area contributed by atoms with Crippen LogP contribution in [0.3, 0.4) is 0 Å². The number of rotatable bonds is 5. The molecule has 0 aliphatic carbocycles. The zero-order chi connectivity index (χ0) is 11.3. The zero-order valence-corrected chi connectivity index (χ0v) is 10.0. The van der Waals surface area contributed by atoms with E-state index >= 15 is 0 Å². The van der Waals surface area contributed by atoms with Gasteiger partial charge in [0.05, 0.1) is 6.04 Å². The number of amides is 1. The maximum atomic E-state index is 11.5. The smallest absolute Gasteiger partial charge is 0.237 e. The fourth-order valence-electron chi connectivity index (χ4n) is 0.918. The molecule has 3 N–H and O–H groups in total. The third-order valence-corrected chi connectivity index (χ3v) is 2.76. The van der Waals surface area contributed by atoms with Crippen molar-refractivity contribution >= 4 is 5.91 Å². The van der Waals surface area contributed by atoms with Crippen molar-refractivity contribution in [3.05, 3.63) is 0 Å². The first-order valence-corrected chi connectivity index (χ1v) is 5.39. The minimum atomic E-state index is -0.380. The first-order chi connectivity index (χ1) is 6.36. The molecular weight excluding hydrogens is 176 g/mol. The summed E-state index contributed by atoms with van der Waals surface area (Å²) < 4.78 is 0. The maximum Gasteiger partial charge on any atom is 0.237 e. The van der Waals surface area contributed by atoms with E-state index in [1.807, 2.05) is 13.8 Å². The molecule has 0 aromatic heterocycles. The Kier molecular flexibility index (Phi) is 5.77. The van der Waals surface area contributed by atoms with Gasteiger partial charge >= 0.3 is 0 Å². The second kappa shape index (κ2) is 6.02. The first-order valence-electron chi connectivity index (χ1n) is 5.39. The highest BCUT2D eigenvalue weighted by molar-refractivity contribution is 5.81. The molecule has 0 aliphatic rings. The highest BCUT2D eigenvalue weighted by Gasteiger charge is 2.17. The summed E-state index contributed by atoms with van der Waals surface area (Å²) in [6, 6.07) is -0.380. The number of nitrogens with one attached hydrogen (secondary N) is 1. The maximum absolute atomic E-state index is 11.5. The molecule has 0 saturated heterocycles. The van der Waals surface area contributed by atoms with Gasteiger partial charge in [-0.25, -0.2) is 0 Å². The molecule has 0 rings (SSSR count). The molecule has 0 fully saturated rings. The Bertz CT molecular complexity index is 178. The van der Waals surface area contributed by atoms with Crippen molar-refractivity contribution in [2.45, 2.75) is 40.7 Å². The largest absolute Gasteiger partial charge is 0.354 e. The van der Waals surface area contributed by atoms with Gasteiger partial charge in [0, 0.05) is 6.54 Å². The average Bonchev–Trinajstić information content (AvgIpc) is 2.11. The van der Waals surface area contributed by atoms with Crippen LogP contribution in [0.5, 0.6) is 0 Å². The van der Waals surface area contributed by atoms with E-state index in [1.54, 1.807) is 0 Å². The summed E-state index contributed by atoms with van der Waals surface area (Å²) in [5, 5.41) is 2.88. The summed E-state index contributed by atoms with van der Waals surface area (Å²) >= 11 is 0. The van der Waals surface area contributed by atoms with Gasteiger partial charge in [-0.3, -0.25) is 4.79 Å². The van der Waals surface area contributed by atoms with Gasteiger partial charge in [0.15, 0.2) is 0 Å². The summed E-state index contributed by atoms with van der Waals surface area (Å²) in [7, 11) is 0. The van der Waals surface area contributed by atoms with E-state index in [-0.39, 0.29) is 17.9 Å². The second-order valence-corrected chi connectivity index (χ2v) is 4.74. The van der Waals surface area contributed by atoms with Gasteiger partial charge in [-0.15, -0.1) is 0 Å². The monoisotopic (exact) mass is 200 g/mol. The Morgan fingerprint density at radius 2 is 1.64 bits per heavy atom. The van der Waals surface area contributed by atoms with Gasteiger partial charge in [0.25, 0.3) is 0 Å². The van der Waals surface area contributed by atoms with Crippen molar-refractivity contribution in [2.24, 2.45) is 23.5 Å². The third-order valence-electron chi connectivity index (χ3n) is 2.76. The Morgan fingerprint density at radius 1 is 1.14 bits per heavy atom. The Hall–Kier alpha value is -0.570. The van der Waals surface area contributed by atoms with Crippen molar-refractivity contribution < 1.29 is 4.79 Å². The van der Waals surface area contributed by atoms with Gasteiger partial charge < -0.3 is 11.1 Å². The van der Waals surface area contributed by atoms with Crippen LogP contribution >= 0.6 is 0 Å². The lowest BCUT2D eigenvalue weighted by Crippen LogP contribution is -2.45. The number of hydrogen-bond acceptors (Lipinski definition) is 2. The molecule has 84 valence electrons. The zero-order valence-electron chi connectivity index (χ0n) is 10.0.